The Kier molecular flexibility index (Phi) is 4.11. The van der Waals surface area contributed by atoms with E-state index in [0.717, 1.165) is 30.5 Å². The first kappa shape index (κ1) is 12.9. The second-order valence-electron chi connectivity index (χ2n) is 5.51. The highest BCUT2D eigenvalue weighted by Crippen LogP contribution is 2.47. The van der Waals surface area contributed by atoms with Crippen LogP contribution < -0.4 is 5.32 Å². The fraction of sp³-hybridized carbons (Fsp3) is 0.600. The summed E-state index contributed by atoms with van der Waals surface area (Å²) in [5.74, 6) is 0.900. The Balaban J connectivity index is 2.04. The molecule has 1 atom stereocenters. The van der Waals surface area contributed by atoms with E-state index in [2.05, 4.69) is 31.3 Å². The molecule has 0 radical (unpaired) electrons. The van der Waals surface area contributed by atoms with E-state index >= 15 is 0 Å². The molecule has 0 amide bonds. The highest BCUT2D eigenvalue weighted by Gasteiger charge is 2.40. The standard InChI is InChI=1S/C15H22ClN/c1-3-17-11-15(2,13-6-7-13)10-12-4-8-14(16)9-5-12/h4-5,8-9,13,17H,3,6-7,10-11H2,1-2H3. The van der Waals surface area contributed by atoms with Crippen LogP contribution in [0.2, 0.25) is 5.02 Å². The molecular weight excluding hydrogens is 230 g/mol. The molecule has 1 unspecified atom stereocenters. The van der Waals surface area contributed by atoms with E-state index in [1.807, 2.05) is 12.1 Å². The van der Waals surface area contributed by atoms with E-state index in [0.29, 0.717) is 5.41 Å². The first-order valence-electron chi connectivity index (χ1n) is 6.59. The zero-order valence-electron chi connectivity index (χ0n) is 10.8. The van der Waals surface area contributed by atoms with Crippen molar-refractivity contribution in [2.45, 2.75) is 33.1 Å². The number of hydrogen-bond donors (Lipinski definition) is 1. The van der Waals surface area contributed by atoms with Crippen molar-refractivity contribution in [1.82, 2.24) is 5.32 Å². The van der Waals surface area contributed by atoms with Gasteiger partial charge in [-0.1, -0.05) is 37.6 Å². The molecule has 2 heteroatoms. The molecule has 17 heavy (non-hydrogen) atoms. The maximum Gasteiger partial charge on any atom is 0.0406 e. The fourth-order valence-electron chi connectivity index (χ4n) is 2.61. The van der Waals surface area contributed by atoms with Crippen molar-refractivity contribution < 1.29 is 0 Å². The Morgan fingerprint density at radius 1 is 1.29 bits per heavy atom. The normalized spacial score (nSPS) is 19.0. The Hall–Kier alpha value is -0.530. The predicted molar refractivity (Wildman–Crippen MR) is 74.5 cm³/mol. The van der Waals surface area contributed by atoms with Gasteiger partial charge in [-0.25, -0.2) is 0 Å². The van der Waals surface area contributed by atoms with Gasteiger partial charge in [0.15, 0.2) is 0 Å². The molecule has 1 N–H and O–H groups in total. The van der Waals surface area contributed by atoms with Gasteiger partial charge in [-0.3, -0.25) is 0 Å². The van der Waals surface area contributed by atoms with Crippen LogP contribution in [0.3, 0.4) is 0 Å². The molecule has 1 aromatic rings. The van der Waals surface area contributed by atoms with Crippen molar-refractivity contribution in [3.05, 3.63) is 34.9 Å². The second kappa shape index (κ2) is 5.41. The second-order valence-corrected chi connectivity index (χ2v) is 5.95. The summed E-state index contributed by atoms with van der Waals surface area (Å²) < 4.78 is 0. The predicted octanol–water partition coefficient (Wildman–Crippen LogP) is 3.91. The SMILES string of the molecule is CCNCC(C)(Cc1ccc(Cl)cc1)C1CC1. The smallest absolute Gasteiger partial charge is 0.0406 e. The lowest BCUT2D eigenvalue weighted by atomic mass is 9.79. The molecule has 1 aliphatic rings. The van der Waals surface area contributed by atoms with Crippen molar-refractivity contribution in [3.8, 4) is 0 Å². The average molecular weight is 252 g/mol. The largest absolute Gasteiger partial charge is 0.316 e. The number of benzene rings is 1. The lowest BCUT2D eigenvalue weighted by Crippen LogP contribution is -2.35. The molecule has 1 fully saturated rings. The van der Waals surface area contributed by atoms with E-state index in [1.54, 1.807) is 0 Å². The zero-order chi connectivity index (χ0) is 12.3. The molecule has 94 valence electrons. The van der Waals surface area contributed by atoms with Crippen LogP contribution in [0.25, 0.3) is 0 Å². The third-order valence-corrected chi connectivity index (χ3v) is 4.11. The quantitative estimate of drug-likeness (QED) is 0.809. The Morgan fingerprint density at radius 3 is 2.47 bits per heavy atom. The van der Waals surface area contributed by atoms with Crippen LogP contribution >= 0.6 is 11.6 Å². The molecule has 0 aromatic heterocycles. The molecule has 0 spiro atoms. The summed E-state index contributed by atoms with van der Waals surface area (Å²) in [6.07, 6.45) is 3.95. The molecule has 2 rings (SSSR count). The average Bonchev–Trinajstić information content (AvgIpc) is 3.14. The zero-order valence-corrected chi connectivity index (χ0v) is 11.6. The third kappa shape index (κ3) is 3.46. The van der Waals surface area contributed by atoms with E-state index < -0.39 is 0 Å². The molecule has 0 heterocycles. The van der Waals surface area contributed by atoms with Crippen LogP contribution in [-0.2, 0) is 6.42 Å². The van der Waals surface area contributed by atoms with Gasteiger partial charge in [0.1, 0.15) is 0 Å². The summed E-state index contributed by atoms with van der Waals surface area (Å²) in [6, 6.07) is 8.32. The van der Waals surface area contributed by atoms with Crippen molar-refractivity contribution in [3.63, 3.8) is 0 Å². The maximum atomic E-state index is 5.93. The van der Waals surface area contributed by atoms with E-state index in [4.69, 9.17) is 11.6 Å². The van der Waals surface area contributed by atoms with Crippen LogP contribution in [-0.4, -0.2) is 13.1 Å². The van der Waals surface area contributed by atoms with E-state index in [1.165, 1.54) is 18.4 Å². The molecular formula is C15H22ClN. The lowest BCUT2D eigenvalue weighted by Gasteiger charge is -2.30. The first-order chi connectivity index (χ1) is 8.14. The number of nitrogens with one attached hydrogen (secondary N) is 1. The topological polar surface area (TPSA) is 12.0 Å². The van der Waals surface area contributed by atoms with Crippen LogP contribution in [0.15, 0.2) is 24.3 Å². The van der Waals surface area contributed by atoms with Gasteiger partial charge in [-0.2, -0.15) is 0 Å². The van der Waals surface area contributed by atoms with Gasteiger partial charge in [0.05, 0.1) is 0 Å². The fourth-order valence-corrected chi connectivity index (χ4v) is 2.74. The third-order valence-electron chi connectivity index (χ3n) is 3.86. The van der Waals surface area contributed by atoms with Crippen LogP contribution in [0.1, 0.15) is 32.3 Å². The van der Waals surface area contributed by atoms with Crippen molar-refractivity contribution in [1.29, 1.82) is 0 Å². The van der Waals surface area contributed by atoms with Crippen LogP contribution in [0.4, 0.5) is 0 Å². The Bertz CT molecular complexity index is 356. The van der Waals surface area contributed by atoms with Gasteiger partial charge in [0, 0.05) is 11.6 Å². The summed E-state index contributed by atoms with van der Waals surface area (Å²) in [5.41, 5.74) is 1.81. The minimum atomic E-state index is 0.407. The molecule has 1 nitrogen and oxygen atoms in total. The Labute approximate surface area is 110 Å². The first-order valence-corrected chi connectivity index (χ1v) is 6.97. The maximum absolute atomic E-state index is 5.93. The molecule has 0 saturated heterocycles. The van der Waals surface area contributed by atoms with E-state index in [9.17, 15) is 0 Å². The minimum absolute atomic E-state index is 0.407. The van der Waals surface area contributed by atoms with Gasteiger partial charge in [-0.15, -0.1) is 0 Å². The van der Waals surface area contributed by atoms with Gasteiger partial charge >= 0.3 is 0 Å². The lowest BCUT2D eigenvalue weighted by molar-refractivity contribution is 0.258. The molecule has 1 aromatic carbocycles. The van der Waals surface area contributed by atoms with Crippen molar-refractivity contribution in [2.75, 3.05) is 13.1 Å². The number of halogens is 1. The highest BCUT2D eigenvalue weighted by molar-refractivity contribution is 6.30. The van der Waals surface area contributed by atoms with Crippen molar-refractivity contribution >= 4 is 11.6 Å². The van der Waals surface area contributed by atoms with Crippen LogP contribution in [0.5, 0.6) is 0 Å². The number of rotatable bonds is 6. The monoisotopic (exact) mass is 251 g/mol. The van der Waals surface area contributed by atoms with Gasteiger partial charge in [0.25, 0.3) is 0 Å². The van der Waals surface area contributed by atoms with Gasteiger partial charge in [-0.05, 0) is 54.8 Å². The minimum Gasteiger partial charge on any atom is -0.316 e. The molecule has 1 saturated carbocycles. The number of hydrogen-bond acceptors (Lipinski definition) is 1. The summed E-state index contributed by atoms with van der Waals surface area (Å²) in [6.45, 7) is 6.78. The molecule has 0 bridgehead atoms. The summed E-state index contributed by atoms with van der Waals surface area (Å²) >= 11 is 5.93. The van der Waals surface area contributed by atoms with Crippen molar-refractivity contribution in [2.24, 2.45) is 11.3 Å². The molecule has 0 aliphatic heterocycles. The Morgan fingerprint density at radius 2 is 1.94 bits per heavy atom. The highest BCUT2D eigenvalue weighted by atomic mass is 35.5. The van der Waals surface area contributed by atoms with Gasteiger partial charge in [0.2, 0.25) is 0 Å². The summed E-state index contributed by atoms with van der Waals surface area (Å²) in [7, 11) is 0. The van der Waals surface area contributed by atoms with Crippen LogP contribution in [0, 0.1) is 11.3 Å². The van der Waals surface area contributed by atoms with E-state index in [-0.39, 0.29) is 0 Å². The summed E-state index contributed by atoms with van der Waals surface area (Å²) in [5, 5.41) is 4.34. The van der Waals surface area contributed by atoms with Gasteiger partial charge < -0.3 is 5.32 Å². The molecule has 1 aliphatic carbocycles. The summed E-state index contributed by atoms with van der Waals surface area (Å²) in [4.78, 5) is 0.